The predicted octanol–water partition coefficient (Wildman–Crippen LogP) is 3.52. The average Bonchev–Trinajstić information content (AvgIpc) is 2.57. The fraction of sp³-hybridized carbons (Fsp3) is 0.125. The first-order valence-electron chi connectivity index (χ1n) is 7.02. The van der Waals surface area contributed by atoms with Gasteiger partial charge in [-0.05, 0) is 52.7 Å². The lowest BCUT2D eigenvalue weighted by Crippen LogP contribution is -2.18. The summed E-state index contributed by atoms with van der Waals surface area (Å²) in [6.45, 7) is 2.44. The molecule has 2 rings (SSSR count). The largest absolute Gasteiger partial charge is 0.493 e. The molecule has 0 aliphatic heterocycles. The topological polar surface area (TPSA) is 93.8 Å². The van der Waals surface area contributed by atoms with Gasteiger partial charge in [-0.15, -0.1) is 0 Å². The Morgan fingerprint density at radius 3 is 2.79 bits per heavy atom. The van der Waals surface area contributed by atoms with Gasteiger partial charge in [0.05, 0.1) is 22.2 Å². The first-order chi connectivity index (χ1) is 11.5. The molecule has 2 aromatic carbocycles. The maximum atomic E-state index is 12.0. The molecule has 0 fully saturated rings. The highest BCUT2D eigenvalue weighted by molar-refractivity contribution is 9.10. The van der Waals surface area contributed by atoms with E-state index in [0.717, 1.165) is 10.0 Å². The van der Waals surface area contributed by atoms with Gasteiger partial charge in [-0.2, -0.15) is 5.10 Å². The van der Waals surface area contributed by atoms with Crippen LogP contribution in [0.25, 0.3) is 0 Å². The number of ether oxygens (including phenoxy) is 1. The summed E-state index contributed by atoms with van der Waals surface area (Å²) in [7, 11) is 0. The SMILES string of the molecule is CCOc1ccc(/C=N\NC(=O)c2ccccc2[N+](=O)[O-])cc1Br. The lowest BCUT2D eigenvalue weighted by molar-refractivity contribution is -0.385. The molecular weight excluding hydrogens is 378 g/mol. The second-order valence-electron chi connectivity index (χ2n) is 4.60. The molecular formula is C16H14BrN3O4. The van der Waals surface area contributed by atoms with E-state index in [1.54, 1.807) is 24.3 Å². The molecule has 0 atom stereocenters. The van der Waals surface area contributed by atoms with E-state index in [1.807, 2.05) is 6.92 Å². The van der Waals surface area contributed by atoms with Crippen molar-refractivity contribution in [2.75, 3.05) is 6.61 Å². The van der Waals surface area contributed by atoms with Gasteiger partial charge in [0.2, 0.25) is 0 Å². The van der Waals surface area contributed by atoms with Crippen LogP contribution in [0, 0.1) is 10.1 Å². The van der Waals surface area contributed by atoms with Gasteiger partial charge in [0.25, 0.3) is 11.6 Å². The number of benzene rings is 2. The van der Waals surface area contributed by atoms with Crippen molar-refractivity contribution < 1.29 is 14.5 Å². The van der Waals surface area contributed by atoms with Crippen LogP contribution in [0.3, 0.4) is 0 Å². The molecule has 0 aliphatic carbocycles. The Bertz CT molecular complexity index is 793. The van der Waals surface area contributed by atoms with Crippen molar-refractivity contribution in [1.29, 1.82) is 0 Å². The summed E-state index contributed by atoms with van der Waals surface area (Å²) in [5.41, 5.74) is 2.69. The molecule has 0 bridgehead atoms. The van der Waals surface area contributed by atoms with E-state index in [1.165, 1.54) is 24.4 Å². The van der Waals surface area contributed by atoms with Crippen molar-refractivity contribution in [3.8, 4) is 5.75 Å². The first kappa shape index (κ1) is 17.6. The Hall–Kier alpha value is -2.74. The van der Waals surface area contributed by atoms with E-state index in [4.69, 9.17) is 4.74 Å². The molecule has 0 saturated heterocycles. The van der Waals surface area contributed by atoms with Crippen molar-refractivity contribution >= 4 is 33.7 Å². The Kier molecular flexibility index (Phi) is 6.02. The average molecular weight is 392 g/mol. The summed E-state index contributed by atoms with van der Waals surface area (Å²) < 4.78 is 6.17. The van der Waals surface area contributed by atoms with Gasteiger partial charge in [0, 0.05) is 6.07 Å². The number of nitrogens with one attached hydrogen (secondary N) is 1. The number of hydrogen-bond donors (Lipinski definition) is 1. The number of carbonyl (C=O) groups excluding carboxylic acids is 1. The van der Waals surface area contributed by atoms with E-state index >= 15 is 0 Å². The molecule has 0 aromatic heterocycles. The minimum absolute atomic E-state index is 0.0486. The molecule has 1 amide bonds. The van der Waals surface area contributed by atoms with E-state index in [9.17, 15) is 14.9 Å². The minimum Gasteiger partial charge on any atom is -0.493 e. The van der Waals surface area contributed by atoms with Gasteiger partial charge >= 0.3 is 0 Å². The smallest absolute Gasteiger partial charge is 0.282 e. The van der Waals surface area contributed by atoms with E-state index in [0.29, 0.717) is 12.4 Å². The maximum Gasteiger partial charge on any atom is 0.282 e. The molecule has 2 aromatic rings. The van der Waals surface area contributed by atoms with Crippen LogP contribution < -0.4 is 10.2 Å². The predicted molar refractivity (Wildman–Crippen MR) is 93.5 cm³/mol. The number of halogens is 1. The van der Waals surface area contributed by atoms with Crippen molar-refractivity contribution in [2.24, 2.45) is 5.10 Å². The number of nitrogens with zero attached hydrogens (tertiary/aromatic N) is 2. The molecule has 24 heavy (non-hydrogen) atoms. The van der Waals surface area contributed by atoms with E-state index in [2.05, 4.69) is 26.5 Å². The number of amides is 1. The number of nitro benzene ring substituents is 1. The van der Waals surface area contributed by atoms with Crippen LogP contribution in [0.2, 0.25) is 0 Å². The zero-order valence-corrected chi connectivity index (χ0v) is 14.3. The normalized spacial score (nSPS) is 10.6. The van der Waals surface area contributed by atoms with Crippen LogP contribution in [0.4, 0.5) is 5.69 Å². The number of hydrazone groups is 1. The highest BCUT2D eigenvalue weighted by atomic mass is 79.9. The third-order valence-electron chi connectivity index (χ3n) is 2.98. The highest BCUT2D eigenvalue weighted by Gasteiger charge is 2.18. The summed E-state index contributed by atoms with van der Waals surface area (Å²) in [6, 6.07) is 11.0. The molecule has 0 radical (unpaired) electrons. The molecule has 0 spiro atoms. The van der Waals surface area contributed by atoms with Gasteiger partial charge in [0.1, 0.15) is 11.3 Å². The fourth-order valence-corrected chi connectivity index (χ4v) is 2.43. The summed E-state index contributed by atoms with van der Waals surface area (Å²) in [5, 5.41) is 14.7. The number of rotatable bonds is 6. The molecule has 124 valence electrons. The van der Waals surface area contributed by atoms with Gasteiger partial charge in [-0.1, -0.05) is 12.1 Å². The van der Waals surface area contributed by atoms with Crippen molar-refractivity contribution in [3.63, 3.8) is 0 Å². The van der Waals surface area contributed by atoms with Crippen LogP contribution in [0.15, 0.2) is 52.0 Å². The van der Waals surface area contributed by atoms with Gasteiger partial charge in [-0.25, -0.2) is 5.43 Å². The Balaban J connectivity index is 2.08. The van der Waals surface area contributed by atoms with Gasteiger partial charge in [0.15, 0.2) is 0 Å². The quantitative estimate of drug-likeness (QED) is 0.462. The standard InChI is InChI=1S/C16H14BrN3O4/c1-2-24-15-8-7-11(9-13(15)17)10-18-19-16(21)12-5-3-4-6-14(12)20(22)23/h3-10H,2H2,1H3,(H,19,21)/b18-10-. The van der Waals surface area contributed by atoms with Gasteiger partial charge < -0.3 is 4.74 Å². The zero-order chi connectivity index (χ0) is 17.5. The van der Waals surface area contributed by atoms with Crippen LogP contribution in [0.1, 0.15) is 22.8 Å². The fourth-order valence-electron chi connectivity index (χ4n) is 1.92. The highest BCUT2D eigenvalue weighted by Crippen LogP contribution is 2.25. The van der Waals surface area contributed by atoms with Crippen LogP contribution >= 0.6 is 15.9 Å². The van der Waals surface area contributed by atoms with E-state index in [-0.39, 0.29) is 11.3 Å². The van der Waals surface area contributed by atoms with Crippen LogP contribution in [-0.2, 0) is 0 Å². The molecule has 0 unspecified atom stereocenters. The Labute approximate surface area is 146 Å². The van der Waals surface area contributed by atoms with Crippen molar-refractivity contribution in [2.45, 2.75) is 6.92 Å². The van der Waals surface area contributed by atoms with Crippen LogP contribution in [-0.4, -0.2) is 23.7 Å². The number of hydrogen-bond acceptors (Lipinski definition) is 5. The summed E-state index contributed by atoms with van der Waals surface area (Å²) in [5.74, 6) is 0.0575. The lowest BCUT2D eigenvalue weighted by atomic mass is 10.2. The van der Waals surface area contributed by atoms with Crippen LogP contribution in [0.5, 0.6) is 5.75 Å². The summed E-state index contributed by atoms with van der Waals surface area (Å²) >= 11 is 3.38. The van der Waals surface area contributed by atoms with Gasteiger partial charge in [-0.3, -0.25) is 14.9 Å². The Morgan fingerprint density at radius 1 is 1.38 bits per heavy atom. The van der Waals surface area contributed by atoms with Crippen molar-refractivity contribution in [1.82, 2.24) is 5.43 Å². The Morgan fingerprint density at radius 2 is 2.12 bits per heavy atom. The third kappa shape index (κ3) is 4.39. The second kappa shape index (κ2) is 8.21. The van der Waals surface area contributed by atoms with E-state index < -0.39 is 10.8 Å². The third-order valence-corrected chi connectivity index (χ3v) is 3.60. The molecule has 0 aliphatic rings. The lowest BCUT2D eigenvalue weighted by Gasteiger charge is -2.05. The monoisotopic (exact) mass is 391 g/mol. The molecule has 0 heterocycles. The summed E-state index contributed by atoms with van der Waals surface area (Å²) in [6.07, 6.45) is 1.44. The maximum absolute atomic E-state index is 12.0. The summed E-state index contributed by atoms with van der Waals surface area (Å²) in [4.78, 5) is 22.3. The number of carbonyl (C=O) groups is 1. The zero-order valence-electron chi connectivity index (χ0n) is 12.7. The minimum atomic E-state index is -0.649. The second-order valence-corrected chi connectivity index (χ2v) is 5.45. The molecule has 8 heteroatoms. The van der Waals surface area contributed by atoms with Crippen molar-refractivity contribution in [3.05, 3.63) is 68.2 Å². The first-order valence-corrected chi connectivity index (χ1v) is 7.81. The molecule has 0 saturated carbocycles. The molecule has 7 nitrogen and oxygen atoms in total. The number of nitro groups is 1. The number of para-hydroxylation sites is 1. The molecule has 1 N–H and O–H groups in total.